The minimum Gasteiger partial charge on any atom is -0.289 e. The number of carbonyl (C=O) groups excluding carboxylic acids is 1. The third-order valence-electron chi connectivity index (χ3n) is 4.25. The van der Waals surface area contributed by atoms with Crippen LogP contribution in [-0.4, -0.2) is 29.3 Å². The van der Waals surface area contributed by atoms with E-state index < -0.39 is 28.4 Å². The van der Waals surface area contributed by atoms with E-state index in [2.05, 4.69) is 4.98 Å². The fourth-order valence-corrected chi connectivity index (χ4v) is 4.44. The number of imidazole rings is 1. The van der Waals surface area contributed by atoms with Gasteiger partial charge in [-0.05, 0) is 25.0 Å². The average molecular weight is 416 g/mol. The van der Waals surface area contributed by atoms with E-state index in [4.69, 9.17) is 0 Å². The molecule has 0 spiro atoms. The lowest BCUT2D eigenvalue weighted by molar-refractivity contribution is -0.170. The van der Waals surface area contributed by atoms with E-state index in [1.807, 2.05) is 0 Å². The molecular formula is C19H23F3N2O3S. The number of halogens is 3. The summed E-state index contributed by atoms with van der Waals surface area (Å²) in [6, 6.07) is 5.98. The van der Waals surface area contributed by atoms with Gasteiger partial charge in [0.05, 0.1) is 22.7 Å². The molecule has 2 aromatic rings. The van der Waals surface area contributed by atoms with Crippen LogP contribution >= 0.6 is 0 Å². The molecule has 2 rings (SSSR count). The Hall–Kier alpha value is -2.16. The Morgan fingerprint density at radius 3 is 2.04 bits per heavy atom. The van der Waals surface area contributed by atoms with Gasteiger partial charge in [0.1, 0.15) is 5.82 Å². The predicted molar refractivity (Wildman–Crippen MR) is 98.9 cm³/mol. The number of Topliss-reactive ketones (excluding diaryl/α,β-unsaturated/α-hetero) is 1. The molecule has 0 N–H and O–H groups in total. The predicted octanol–water partition coefficient (Wildman–Crippen LogP) is 4.35. The zero-order chi connectivity index (χ0) is 21.4. The summed E-state index contributed by atoms with van der Waals surface area (Å²) in [7, 11) is -4.23. The van der Waals surface area contributed by atoms with Crippen molar-refractivity contribution in [3.63, 3.8) is 0 Å². The first-order valence-corrected chi connectivity index (χ1v) is 10.2. The number of hydrogen-bond acceptors (Lipinski definition) is 4. The molecule has 0 radical (unpaired) electrons. The summed E-state index contributed by atoms with van der Waals surface area (Å²) < 4.78 is 66.1. The molecular weight excluding hydrogens is 393 g/mol. The van der Waals surface area contributed by atoms with Crippen molar-refractivity contribution in [3.05, 3.63) is 47.0 Å². The molecule has 0 saturated heterocycles. The minimum absolute atomic E-state index is 0.0755. The maximum absolute atomic E-state index is 13.3. The minimum atomic E-state index is -5.06. The third-order valence-corrected chi connectivity index (χ3v) is 6.01. The van der Waals surface area contributed by atoms with Gasteiger partial charge in [0.15, 0.2) is 0 Å². The highest BCUT2D eigenvalue weighted by Crippen LogP contribution is 2.31. The van der Waals surface area contributed by atoms with E-state index in [9.17, 15) is 26.4 Å². The second kappa shape index (κ2) is 7.69. The van der Waals surface area contributed by atoms with E-state index in [0.29, 0.717) is 0 Å². The SMILES string of the molecule is Cc1ccc(S(=O)(=O)n2c(C(C)C)nc(C(C)C)c2CC(=O)C(F)(F)F)cc1. The summed E-state index contributed by atoms with van der Waals surface area (Å²) in [6.07, 6.45) is -6.14. The van der Waals surface area contributed by atoms with Crippen LogP contribution in [0.2, 0.25) is 0 Å². The van der Waals surface area contributed by atoms with Crippen molar-refractivity contribution < 1.29 is 26.4 Å². The molecule has 1 aromatic heterocycles. The standard InChI is InChI=1S/C19H23F3N2O3S/c1-11(2)17-15(10-16(25)19(20,21)22)24(18(23-17)12(3)4)28(26,27)14-8-6-13(5)7-9-14/h6-9,11-12H,10H2,1-5H3. The van der Waals surface area contributed by atoms with Crippen molar-refractivity contribution in [2.75, 3.05) is 0 Å². The molecule has 0 bridgehead atoms. The first-order chi connectivity index (χ1) is 12.8. The summed E-state index contributed by atoms with van der Waals surface area (Å²) in [6.45, 7) is 8.57. The average Bonchev–Trinajstić information content (AvgIpc) is 2.95. The Balaban J connectivity index is 2.79. The fourth-order valence-electron chi connectivity index (χ4n) is 2.80. The molecule has 0 unspecified atom stereocenters. The van der Waals surface area contributed by atoms with Gasteiger partial charge in [-0.2, -0.15) is 13.2 Å². The fraction of sp³-hybridized carbons (Fsp3) is 0.474. The number of carbonyl (C=O) groups is 1. The number of alkyl halides is 3. The first kappa shape index (κ1) is 22.1. The molecule has 5 nitrogen and oxygen atoms in total. The molecule has 0 amide bonds. The van der Waals surface area contributed by atoms with Crippen molar-refractivity contribution in [2.24, 2.45) is 0 Å². The van der Waals surface area contributed by atoms with Gasteiger partial charge in [0.25, 0.3) is 10.0 Å². The monoisotopic (exact) mass is 416 g/mol. The Labute approximate surface area is 162 Å². The summed E-state index contributed by atoms with van der Waals surface area (Å²) in [4.78, 5) is 15.9. The lowest BCUT2D eigenvalue weighted by Gasteiger charge is -2.16. The van der Waals surface area contributed by atoms with Gasteiger partial charge in [0.2, 0.25) is 5.78 Å². The molecule has 0 aliphatic carbocycles. The van der Waals surface area contributed by atoms with E-state index in [1.54, 1.807) is 46.8 Å². The summed E-state index contributed by atoms with van der Waals surface area (Å²) in [5, 5.41) is 0. The number of ketones is 1. The molecule has 0 saturated carbocycles. The largest absolute Gasteiger partial charge is 0.450 e. The van der Waals surface area contributed by atoms with Crippen LogP contribution in [-0.2, 0) is 21.2 Å². The summed E-state index contributed by atoms with van der Waals surface area (Å²) in [5.74, 6) is -2.64. The zero-order valence-corrected chi connectivity index (χ0v) is 17.1. The molecule has 1 aromatic carbocycles. The quantitative estimate of drug-likeness (QED) is 0.702. The van der Waals surface area contributed by atoms with E-state index in [-0.39, 0.29) is 33.9 Å². The van der Waals surface area contributed by atoms with Gasteiger partial charge >= 0.3 is 6.18 Å². The Bertz CT molecular complexity index is 973. The summed E-state index contributed by atoms with van der Waals surface area (Å²) >= 11 is 0. The topological polar surface area (TPSA) is 69.0 Å². The van der Waals surface area contributed by atoms with Gasteiger partial charge in [-0.25, -0.2) is 17.4 Å². The van der Waals surface area contributed by atoms with Crippen molar-refractivity contribution in [1.82, 2.24) is 8.96 Å². The van der Waals surface area contributed by atoms with Crippen LogP contribution in [0.3, 0.4) is 0 Å². The third kappa shape index (κ3) is 4.29. The highest BCUT2D eigenvalue weighted by molar-refractivity contribution is 7.90. The van der Waals surface area contributed by atoms with Crippen LogP contribution in [0.4, 0.5) is 13.2 Å². The van der Waals surface area contributed by atoms with E-state index in [1.165, 1.54) is 12.1 Å². The van der Waals surface area contributed by atoms with Gasteiger partial charge in [-0.3, -0.25) is 4.79 Å². The van der Waals surface area contributed by atoms with Crippen molar-refractivity contribution in [1.29, 1.82) is 0 Å². The van der Waals surface area contributed by atoms with Gasteiger partial charge < -0.3 is 0 Å². The van der Waals surface area contributed by atoms with E-state index >= 15 is 0 Å². The molecule has 0 aliphatic rings. The maximum Gasteiger partial charge on any atom is 0.450 e. The second-order valence-corrected chi connectivity index (χ2v) is 9.08. The number of aromatic nitrogens is 2. The molecule has 0 aliphatic heterocycles. The number of rotatable bonds is 6. The number of nitrogens with zero attached hydrogens (tertiary/aromatic N) is 2. The van der Waals surface area contributed by atoms with Crippen LogP contribution in [0.1, 0.15) is 62.3 Å². The van der Waals surface area contributed by atoms with Crippen LogP contribution in [0.5, 0.6) is 0 Å². The molecule has 28 heavy (non-hydrogen) atoms. The van der Waals surface area contributed by atoms with Crippen LogP contribution < -0.4 is 0 Å². The van der Waals surface area contributed by atoms with Crippen molar-refractivity contribution in [3.8, 4) is 0 Å². The highest BCUT2D eigenvalue weighted by atomic mass is 32.2. The maximum atomic E-state index is 13.3. The molecule has 9 heteroatoms. The Morgan fingerprint density at radius 1 is 1.07 bits per heavy atom. The van der Waals surface area contributed by atoms with Gasteiger partial charge in [0, 0.05) is 5.92 Å². The lowest BCUT2D eigenvalue weighted by Crippen LogP contribution is -2.28. The van der Waals surface area contributed by atoms with Crippen LogP contribution in [0.25, 0.3) is 0 Å². The number of benzene rings is 1. The highest BCUT2D eigenvalue weighted by Gasteiger charge is 2.41. The van der Waals surface area contributed by atoms with Crippen LogP contribution in [0.15, 0.2) is 29.2 Å². The molecule has 0 fully saturated rings. The normalized spacial score (nSPS) is 12.8. The Morgan fingerprint density at radius 2 is 1.61 bits per heavy atom. The van der Waals surface area contributed by atoms with E-state index in [0.717, 1.165) is 9.54 Å². The van der Waals surface area contributed by atoms with Crippen molar-refractivity contribution in [2.45, 2.75) is 63.9 Å². The second-order valence-electron chi connectivity index (χ2n) is 7.29. The number of hydrogen-bond donors (Lipinski definition) is 0. The zero-order valence-electron chi connectivity index (χ0n) is 16.3. The van der Waals surface area contributed by atoms with Crippen molar-refractivity contribution >= 4 is 15.8 Å². The molecule has 0 atom stereocenters. The number of aryl methyl sites for hydroxylation is 1. The van der Waals surface area contributed by atoms with Gasteiger partial charge in [-0.15, -0.1) is 0 Å². The summed E-state index contributed by atoms with van der Waals surface area (Å²) in [5.41, 5.74) is 0.780. The Kier molecular flexibility index (Phi) is 6.08. The smallest absolute Gasteiger partial charge is 0.289 e. The van der Waals surface area contributed by atoms with Gasteiger partial charge in [-0.1, -0.05) is 45.4 Å². The molecule has 1 heterocycles. The van der Waals surface area contributed by atoms with Crippen LogP contribution in [0, 0.1) is 6.92 Å². The lowest BCUT2D eigenvalue weighted by atomic mass is 10.1. The molecule has 154 valence electrons. The first-order valence-electron chi connectivity index (χ1n) is 8.80.